The lowest BCUT2D eigenvalue weighted by molar-refractivity contribution is -0.131. The predicted octanol–water partition coefficient (Wildman–Crippen LogP) is 1.14. The molecule has 2 rings (SSSR count). The Hall–Kier alpha value is -1.49. The number of aromatic nitrogens is 2. The maximum Gasteiger partial charge on any atom is 0.224 e. The first-order valence-electron chi connectivity index (χ1n) is 6.27. The van der Waals surface area contributed by atoms with Gasteiger partial charge in [-0.1, -0.05) is 0 Å². The smallest absolute Gasteiger partial charge is 0.224 e. The van der Waals surface area contributed by atoms with E-state index in [1.165, 1.54) is 0 Å². The van der Waals surface area contributed by atoms with E-state index in [9.17, 15) is 4.79 Å². The number of ether oxygens (including phenoxy) is 1. The third-order valence-corrected chi connectivity index (χ3v) is 3.24. The maximum absolute atomic E-state index is 11.9. The van der Waals surface area contributed by atoms with Crippen molar-refractivity contribution < 1.29 is 9.53 Å². The van der Waals surface area contributed by atoms with E-state index in [-0.39, 0.29) is 11.8 Å². The summed E-state index contributed by atoms with van der Waals surface area (Å²) < 4.78 is 4.93. The van der Waals surface area contributed by atoms with Gasteiger partial charge in [-0.3, -0.25) is 4.79 Å². The van der Waals surface area contributed by atoms with Crippen molar-refractivity contribution in [1.29, 1.82) is 0 Å². The molecule has 1 aliphatic rings. The number of hydrogen-bond acceptors (Lipinski definition) is 4. The second-order valence-electron chi connectivity index (χ2n) is 4.62. The van der Waals surface area contributed by atoms with Crippen LogP contribution in [-0.4, -0.2) is 47.6 Å². The molecule has 1 amide bonds. The lowest BCUT2D eigenvalue weighted by Crippen LogP contribution is -2.29. The van der Waals surface area contributed by atoms with Crippen molar-refractivity contribution in [2.45, 2.75) is 25.7 Å². The van der Waals surface area contributed by atoms with Gasteiger partial charge in [-0.05, 0) is 19.4 Å². The van der Waals surface area contributed by atoms with Crippen LogP contribution in [0.15, 0.2) is 12.3 Å². The van der Waals surface area contributed by atoms with Gasteiger partial charge in [-0.25, -0.2) is 9.97 Å². The Morgan fingerprint density at radius 1 is 1.61 bits per heavy atom. The molecule has 0 aromatic carbocycles. The zero-order chi connectivity index (χ0) is 13.0. The van der Waals surface area contributed by atoms with Gasteiger partial charge < -0.3 is 9.64 Å². The molecule has 1 aromatic heterocycles. The zero-order valence-electron chi connectivity index (χ0n) is 10.9. The second-order valence-corrected chi connectivity index (χ2v) is 4.62. The molecule has 1 fully saturated rings. The molecule has 1 aromatic rings. The third-order valence-electron chi connectivity index (χ3n) is 3.24. The second kappa shape index (κ2) is 5.91. The van der Waals surface area contributed by atoms with Crippen LogP contribution in [0.5, 0.6) is 0 Å². The molecule has 5 nitrogen and oxygen atoms in total. The number of likely N-dealkylation sites (tertiary alicyclic amines) is 1. The van der Waals surface area contributed by atoms with Crippen LogP contribution < -0.4 is 0 Å². The van der Waals surface area contributed by atoms with Crippen LogP contribution in [0.1, 0.15) is 30.3 Å². The van der Waals surface area contributed by atoms with Gasteiger partial charge in [0, 0.05) is 38.0 Å². The predicted molar refractivity (Wildman–Crippen MR) is 67.2 cm³/mol. The molecule has 5 heteroatoms. The third kappa shape index (κ3) is 3.04. The molecule has 0 N–H and O–H groups in total. The summed E-state index contributed by atoms with van der Waals surface area (Å²) in [5.41, 5.74) is 0.976. The molecule has 2 heterocycles. The average Bonchev–Trinajstić information content (AvgIpc) is 2.85. The summed E-state index contributed by atoms with van der Waals surface area (Å²) in [4.78, 5) is 22.5. The topological polar surface area (TPSA) is 55.3 Å². The molecular weight excluding hydrogens is 230 g/mol. The van der Waals surface area contributed by atoms with Gasteiger partial charge in [-0.2, -0.15) is 0 Å². The minimum absolute atomic E-state index is 0.159. The van der Waals surface area contributed by atoms with Crippen molar-refractivity contribution in [1.82, 2.24) is 14.9 Å². The van der Waals surface area contributed by atoms with E-state index >= 15 is 0 Å². The van der Waals surface area contributed by atoms with E-state index in [4.69, 9.17) is 4.74 Å². The average molecular weight is 249 g/mol. The molecule has 18 heavy (non-hydrogen) atoms. The number of rotatable bonds is 4. The highest BCUT2D eigenvalue weighted by molar-refractivity contribution is 5.76. The molecule has 0 unspecified atom stereocenters. The molecule has 0 bridgehead atoms. The van der Waals surface area contributed by atoms with Crippen molar-refractivity contribution >= 4 is 5.91 Å². The Bertz CT molecular complexity index is 422. The molecule has 0 aliphatic carbocycles. The van der Waals surface area contributed by atoms with Crippen LogP contribution in [0.3, 0.4) is 0 Å². The van der Waals surface area contributed by atoms with Crippen LogP contribution in [-0.2, 0) is 9.53 Å². The Morgan fingerprint density at radius 2 is 2.44 bits per heavy atom. The Labute approximate surface area is 107 Å². The standard InChI is InChI=1S/C13H19N3O2/c1-10-3-6-14-13(15-10)11-4-7-16(9-11)12(17)5-8-18-2/h3,6,11H,4-5,7-9H2,1-2H3/t11-/m1/s1. The number of hydrogen-bond donors (Lipinski definition) is 0. The summed E-state index contributed by atoms with van der Waals surface area (Å²) in [6.07, 6.45) is 3.19. The van der Waals surface area contributed by atoms with Crippen LogP contribution in [0, 0.1) is 6.92 Å². The first kappa shape index (κ1) is 13.0. The summed E-state index contributed by atoms with van der Waals surface area (Å²) in [6.45, 7) is 3.97. The van der Waals surface area contributed by atoms with Gasteiger partial charge in [0.05, 0.1) is 13.0 Å². The van der Waals surface area contributed by atoms with Gasteiger partial charge >= 0.3 is 0 Å². The number of aryl methyl sites for hydroxylation is 1. The first-order chi connectivity index (χ1) is 8.70. The molecule has 98 valence electrons. The lowest BCUT2D eigenvalue weighted by Gasteiger charge is -2.16. The summed E-state index contributed by atoms with van der Waals surface area (Å²) in [5, 5.41) is 0. The van der Waals surface area contributed by atoms with E-state index in [1.54, 1.807) is 13.3 Å². The number of methoxy groups -OCH3 is 1. The molecular formula is C13H19N3O2. The highest BCUT2D eigenvalue weighted by Gasteiger charge is 2.28. The Morgan fingerprint density at radius 3 is 3.17 bits per heavy atom. The van der Waals surface area contributed by atoms with Crippen LogP contribution in [0.25, 0.3) is 0 Å². The molecule has 0 radical (unpaired) electrons. The quantitative estimate of drug-likeness (QED) is 0.803. The SMILES string of the molecule is COCCC(=O)N1CC[C@@H](c2nccc(C)n2)C1. The molecule has 0 saturated carbocycles. The summed E-state index contributed by atoms with van der Waals surface area (Å²) in [7, 11) is 1.61. The van der Waals surface area contributed by atoms with Crippen molar-refractivity contribution in [2.75, 3.05) is 26.8 Å². The van der Waals surface area contributed by atoms with E-state index < -0.39 is 0 Å². The van der Waals surface area contributed by atoms with E-state index in [0.29, 0.717) is 13.0 Å². The molecule has 1 aliphatic heterocycles. The highest BCUT2D eigenvalue weighted by Crippen LogP contribution is 2.24. The number of nitrogens with zero attached hydrogens (tertiary/aromatic N) is 3. The summed E-state index contributed by atoms with van der Waals surface area (Å²) in [6, 6.07) is 1.89. The van der Waals surface area contributed by atoms with E-state index in [1.807, 2.05) is 17.9 Å². The maximum atomic E-state index is 11.9. The van der Waals surface area contributed by atoms with Crippen LogP contribution in [0.4, 0.5) is 0 Å². The highest BCUT2D eigenvalue weighted by atomic mass is 16.5. The Kier molecular flexibility index (Phi) is 4.25. The summed E-state index contributed by atoms with van der Waals surface area (Å²) >= 11 is 0. The number of carbonyl (C=O) groups excluding carboxylic acids is 1. The fraction of sp³-hybridized carbons (Fsp3) is 0.615. The van der Waals surface area contributed by atoms with Crippen molar-refractivity contribution in [2.24, 2.45) is 0 Å². The zero-order valence-corrected chi connectivity index (χ0v) is 10.9. The van der Waals surface area contributed by atoms with Gasteiger partial charge in [0.1, 0.15) is 5.82 Å². The van der Waals surface area contributed by atoms with Gasteiger partial charge in [0.15, 0.2) is 0 Å². The monoisotopic (exact) mass is 249 g/mol. The largest absolute Gasteiger partial charge is 0.384 e. The number of amides is 1. The normalized spacial score (nSPS) is 19.2. The first-order valence-corrected chi connectivity index (χ1v) is 6.27. The van der Waals surface area contributed by atoms with Crippen LogP contribution in [0.2, 0.25) is 0 Å². The molecule has 0 spiro atoms. The minimum Gasteiger partial charge on any atom is -0.384 e. The van der Waals surface area contributed by atoms with Crippen molar-refractivity contribution in [3.63, 3.8) is 0 Å². The van der Waals surface area contributed by atoms with E-state index in [2.05, 4.69) is 9.97 Å². The summed E-state index contributed by atoms with van der Waals surface area (Å²) in [5.74, 6) is 1.29. The van der Waals surface area contributed by atoms with Crippen LogP contribution >= 0.6 is 0 Å². The minimum atomic E-state index is 0.159. The molecule has 1 atom stereocenters. The Balaban J connectivity index is 1.94. The fourth-order valence-electron chi connectivity index (χ4n) is 2.21. The van der Waals surface area contributed by atoms with Crippen molar-refractivity contribution in [3.05, 3.63) is 23.8 Å². The van der Waals surface area contributed by atoms with Gasteiger partial charge in [0.2, 0.25) is 5.91 Å². The lowest BCUT2D eigenvalue weighted by atomic mass is 10.1. The molecule has 1 saturated heterocycles. The van der Waals surface area contributed by atoms with E-state index in [0.717, 1.165) is 31.0 Å². The van der Waals surface area contributed by atoms with Gasteiger partial charge in [0.25, 0.3) is 0 Å². The number of carbonyl (C=O) groups is 1. The fourth-order valence-corrected chi connectivity index (χ4v) is 2.21. The van der Waals surface area contributed by atoms with Gasteiger partial charge in [-0.15, -0.1) is 0 Å². The van der Waals surface area contributed by atoms with Crippen molar-refractivity contribution in [3.8, 4) is 0 Å².